The summed E-state index contributed by atoms with van der Waals surface area (Å²) in [6.45, 7) is 3.11. The topological polar surface area (TPSA) is 54.4 Å². The summed E-state index contributed by atoms with van der Waals surface area (Å²) in [4.78, 5) is 22.2. The summed E-state index contributed by atoms with van der Waals surface area (Å²) in [6.07, 6.45) is -0.0778. The van der Waals surface area contributed by atoms with Crippen molar-refractivity contribution in [3.05, 3.63) is 29.3 Å². The van der Waals surface area contributed by atoms with Gasteiger partial charge in [-0.2, -0.15) is 0 Å². The van der Waals surface area contributed by atoms with Crippen LogP contribution in [0.3, 0.4) is 0 Å². The highest BCUT2D eigenvalue weighted by molar-refractivity contribution is 6.08. The van der Waals surface area contributed by atoms with Crippen LogP contribution in [-0.2, 0) is 4.79 Å². The number of carbonyl (C=O) groups excluding carboxylic acids is 2. The molecular formula is C11H12O3. The van der Waals surface area contributed by atoms with Crippen molar-refractivity contribution >= 4 is 11.6 Å². The molecule has 1 N–H and O–H groups in total. The Morgan fingerprint density at radius 3 is 2.50 bits per heavy atom. The second-order valence-corrected chi connectivity index (χ2v) is 3.30. The van der Waals surface area contributed by atoms with E-state index in [1.807, 2.05) is 0 Å². The highest BCUT2D eigenvalue weighted by Gasteiger charge is 2.11. The molecule has 0 aliphatic carbocycles. The molecule has 0 aromatic heterocycles. The zero-order chi connectivity index (χ0) is 10.7. The molecular weight excluding hydrogens is 180 g/mol. The van der Waals surface area contributed by atoms with E-state index < -0.39 is 0 Å². The second-order valence-electron chi connectivity index (χ2n) is 3.30. The van der Waals surface area contributed by atoms with E-state index in [9.17, 15) is 9.59 Å². The summed E-state index contributed by atoms with van der Waals surface area (Å²) in [5, 5.41) is 9.12. The third-order valence-electron chi connectivity index (χ3n) is 1.92. The van der Waals surface area contributed by atoms with Crippen molar-refractivity contribution in [2.45, 2.75) is 20.3 Å². The molecule has 1 rings (SSSR count). The minimum absolute atomic E-state index is 0.0778. The maximum atomic E-state index is 11.5. The van der Waals surface area contributed by atoms with E-state index in [0.29, 0.717) is 11.1 Å². The number of rotatable bonds is 3. The number of ketones is 2. The van der Waals surface area contributed by atoms with Crippen LogP contribution in [0.1, 0.15) is 29.3 Å². The van der Waals surface area contributed by atoms with Gasteiger partial charge < -0.3 is 5.11 Å². The van der Waals surface area contributed by atoms with Gasteiger partial charge >= 0.3 is 0 Å². The number of aromatic hydroxyl groups is 1. The van der Waals surface area contributed by atoms with Crippen LogP contribution in [0.25, 0.3) is 0 Å². The van der Waals surface area contributed by atoms with Crippen molar-refractivity contribution < 1.29 is 14.7 Å². The predicted octanol–water partition coefficient (Wildman–Crippen LogP) is 1.86. The van der Waals surface area contributed by atoms with Gasteiger partial charge in [0.1, 0.15) is 11.5 Å². The number of benzene rings is 1. The highest BCUT2D eigenvalue weighted by Crippen LogP contribution is 2.17. The normalized spacial score (nSPS) is 9.86. The zero-order valence-corrected chi connectivity index (χ0v) is 8.20. The summed E-state index contributed by atoms with van der Waals surface area (Å²) in [6, 6.07) is 4.49. The molecule has 0 aliphatic rings. The van der Waals surface area contributed by atoms with E-state index in [4.69, 9.17) is 5.11 Å². The highest BCUT2D eigenvalue weighted by atomic mass is 16.3. The molecule has 0 bridgehead atoms. The zero-order valence-electron chi connectivity index (χ0n) is 8.20. The van der Waals surface area contributed by atoms with E-state index in [1.54, 1.807) is 6.92 Å². The molecule has 74 valence electrons. The third kappa shape index (κ3) is 2.42. The lowest BCUT2D eigenvalue weighted by Crippen LogP contribution is -2.06. The van der Waals surface area contributed by atoms with Gasteiger partial charge in [0.2, 0.25) is 0 Å². The first-order valence-corrected chi connectivity index (χ1v) is 4.33. The maximum absolute atomic E-state index is 11.5. The molecule has 0 heterocycles. The number of hydrogen-bond donors (Lipinski definition) is 1. The first-order valence-electron chi connectivity index (χ1n) is 4.33. The predicted molar refractivity (Wildman–Crippen MR) is 52.5 cm³/mol. The summed E-state index contributed by atoms with van der Waals surface area (Å²) in [5.41, 5.74) is 1.19. The van der Waals surface area contributed by atoms with E-state index in [0.717, 1.165) is 0 Å². The van der Waals surface area contributed by atoms with Crippen LogP contribution < -0.4 is 0 Å². The molecule has 0 fully saturated rings. The van der Waals surface area contributed by atoms with Crippen molar-refractivity contribution in [2.75, 3.05) is 0 Å². The maximum Gasteiger partial charge on any atom is 0.170 e. The van der Waals surface area contributed by atoms with Crippen molar-refractivity contribution in [1.82, 2.24) is 0 Å². The average molecular weight is 192 g/mol. The van der Waals surface area contributed by atoms with Gasteiger partial charge in [0.05, 0.1) is 6.42 Å². The molecule has 14 heavy (non-hydrogen) atoms. The van der Waals surface area contributed by atoms with Crippen LogP contribution in [0, 0.1) is 6.92 Å². The van der Waals surface area contributed by atoms with E-state index in [-0.39, 0.29) is 23.7 Å². The molecule has 0 amide bonds. The average Bonchev–Trinajstić information content (AvgIpc) is 2.01. The molecule has 0 saturated heterocycles. The fraction of sp³-hybridized carbons (Fsp3) is 0.273. The summed E-state index contributed by atoms with van der Waals surface area (Å²) >= 11 is 0. The quantitative estimate of drug-likeness (QED) is 0.587. The Hall–Kier alpha value is -1.64. The number of aryl methyl sites for hydroxylation is 1. The first kappa shape index (κ1) is 10.4. The van der Waals surface area contributed by atoms with Gasteiger partial charge in [0.15, 0.2) is 5.78 Å². The van der Waals surface area contributed by atoms with Gasteiger partial charge in [0.25, 0.3) is 0 Å². The lowest BCUT2D eigenvalue weighted by atomic mass is 10.0. The Morgan fingerprint density at radius 2 is 2.00 bits per heavy atom. The summed E-state index contributed by atoms with van der Waals surface area (Å²) in [7, 11) is 0. The Labute approximate surface area is 82.4 Å². The van der Waals surface area contributed by atoms with E-state index in [2.05, 4.69) is 0 Å². The van der Waals surface area contributed by atoms with Crippen LogP contribution in [0.5, 0.6) is 5.75 Å². The SMILES string of the molecule is CC(=O)CC(=O)c1ccc(O)cc1C. The molecule has 0 radical (unpaired) electrons. The first-order chi connectivity index (χ1) is 6.50. The van der Waals surface area contributed by atoms with Gasteiger partial charge in [-0.3, -0.25) is 9.59 Å². The fourth-order valence-electron chi connectivity index (χ4n) is 1.28. The van der Waals surface area contributed by atoms with Crippen LogP contribution in [-0.4, -0.2) is 16.7 Å². The fourth-order valence-corrected chi connectivity index (χ4v) is 1.28. The second kappa shape index (κ2) is 4.05. The van der Waals surface area contributed by atoms with Gasteiger partial charge in [0, 0.05) is 5.56 Å². The van der Waals surface area contributed by atoms with Gasteiger partial charge in [-0.1, -0.05) is 0 Å². The Kier molecular flexibility index (Phi) is 3.02. The van der Waals surface area contributed by atoms with Crippen LogP contribution in [0.15, 0.2) is 18.2 Å². The minimum Gasteiger partial charge on any atom is -0.508 e. The lowest BCUT2D eigenvalue weighted by molar-refractivity contribution is -0.116. The van der Waals surface area contributed by atoms with E-state index in [1.165, 1.54) is 25.1 Å². The van der Waals surface area contributed by atoms with Gasteiger partial charge in [-0.15, -0.1) is 0 Å². The monoisotopic (exact) mass is 192 g/mol. The number of phenols is 1. The Bertz CT molecular complexity index is 380. The number of carbonyl (C=O) groups is 2. The summed E-state index contributed by atoms with van der Waals surface area (Å²) < 4.78 is 0. The minimum atomic E-state index is -0.199. The van der Waals surface area contributed by atoms with Crippen molar-refractivity contribution in [2.24, 2.45) is 0 Å². The number of hydrogen-bond acceptors (Lipinski definition) is 3. The molecule has 3 nitrogen and oxygen atoms in total. The third-order valence-corrected chi connectivity index (χ3v) is 1.92. The van der Waals surface area contributed by atoms with Crippen LogP contribution in [0.4, 0.5) is 0 Å². The molecule has 0 aliphatic heterocycles. The Morgan fingerprint density at radius 1 is 1.36 bits per heavy atom. The van der Waals surface area contributed by atoms with Gasteiger partial charge in [-0.05, 0) is 37.6 Å². The molecule has 0 saturated carbocycles. The Balaban J connectivity index is 2.96. The van der Waals surface area contributed by atoms with Crippen LogP contribution >= 0.6 is 0 Å². The largest absolute Gasteiger partial charge is 0.508 e. The van der Waals surface area contributed by atoms with Crippen molar-refractivity contribution in [3.63, 3.8) is 0 Å². The molecule has 1 aromatic carbocycles. The molecule has 0 atom stereocenters. The molecule has 3 heteroatoms. The van der Waals surface area contributed by atoms with E-state index >= 15 is 0 Å². The van der Waals surface area contributed by atoms with Crippen molar-refractivity contribution in [1.29, 1.82) is 0 Å². The molecule has 1 aromatic rings. The molecule has 0 unspecified atom stereocenters. The summed E-state index contributed by atoms with van der Waals surface area (Å²) in [5.74, 6) is -0.223. The number of phenolic OH excluding ortho intramolecular Hbond substituents is 1. The lowest BCUT2D eigenvalue weighted by Gasteiger charge is -2.03. The molecule has 0 spiro atoms. The van der Waals surface area contributed by atoms with Crippen LogP contribution in [0.2, 0.25) is 0 Å². The standard InChI is InChI=1S/C11H12O3/c1-7-5-9(13)3-4-10(7)11(14)6-8(2)12/h3-5,13H,6H2,1-2H3. The number of Topliss-reactive ketones (excluding diaryl/α,β-unsaturated/α-hetero) is 2. The van der Waals surface area contributed by atoms with Crippen molar-refractivity contribution in [3.8, 4) is 5.75 Å². The van der Waals surface area contributed by atoms with Gasteiger partial charge in [-0.25, -0.2) is 0 Å². The smallest absolute Gasteiger partial charge is 0.170 e.